The van der Waals surface area contributed by atoms with Crippen molar-refractivity contribution in [3.63, 3.8) is 0 Å². The molecule has 1 atom stereocenters. The molecule has 1 aromatic carbocycles. The molecule has 0 saturated carbocycles. The summed E-state index contributed by atoms with van der Waals surface area (Å²) >= 11 is 6.09. The van der Waals surface area contributed by atoms with Crippen LogP contribution in [0, 0.1) is 0 Å². The zero-order chi connectivity index (χ0) is 26.1. The summed E-state index contributed by atoms with van der Waals surface area (Å²) in [6.45, 7) is 6.70. The fourth-order valence-electron chi connectivity index (χ4n) is 4.28. The molecule has 1 aliphatic heterocycles. The van der Waals surface area contributed by atoms with Crippen molar-refractivity contribution in [2.75, 3.05) is 19.3 Å². The molecule has 11 heteroatoms. The van der Waals surface area contributed by atoms with Gasteiger partial charge in [0.1, 0.15) is 11.3 Å². The number of halogens is 1. The van der Waals surface area contributed by atoms with Crippen molar-refractivity contribution in [2.45, 2.75) is 56.7 Å². The third-order valence-corrected chi connectivity index (χ3v) is 7.03. The van der Waals surface area contributed by atoms with E-state index >= 15 is 0 Å². The van der Waals surface area contributed by atoms with Crippen molar-refractivity contribution >= 4 is 27.5 Å². The van der Waals surface area contributed by atoms with Crippen LogP contribution in [0.2, 0.25) is 5.02 Å². The number of ether oxygens (including phenoxy) is 1. The van der Waals surface area contributed by atoms with Gasteiger partial charge in [-0.25, -0.2) is 23.2 Å². The number of carbonyl (C=O) groups excluding carboxylic acids is 1. The Hall–Kier alpha value is -2.98. The first-order chi connectivity index (χ1) is 16.9. The molecular weight excluding hydrogens is 502 g/mol. The van der Waals surface area contributed by atoms with E-state index in [9.17, 15) is 13.2 Å². The van der Waals surface area contributed by atoms with Crippen LogP contribution in [0.25, 0.3) is 22.5 Å². The highest BCUT2D eigenvalue weighted by molar-refractivity contribution is 7.90. The van der Waals surface area contributed by atoms with Crippen LogP contribution >= 0.6 is 11.6 Å². The predicted molar refractivity (Wildman–Crippen MR) is 138 cm³/mol. The van der Waals surface area contributed by atoms with Gasteiger partial charge in [-0.1, -0.05) is 23.7 Å². The lowest BCUT2D eigenvalue weighted by Gasteiger charge is -2.26. The molecule has 3 aromatic rings. The highest BCUT2D eigenvalue weighted by atomic mass is 35.5. The molecule has 1 aliphatic rings. The molecule has 1 unspecified atom stereocenters. The average molecular weight is 532 g/mol. The molecule has 9 nitrogen and oxygen atoms in total. The van der Waals surface area contributed by atoms with Crippen LogP contribution in [0.1, 0.15) is 51.6 Å². The van der Waals surface area contributed by atoms with E-state index in [4.69, 9.17) is 16.3 Å². The van der Waals surface area contributed by atoms with Gasteiger partial charge in [-0.2, -0.15) is 5.10 Å². The molecule has 3 heterocycles. The van der Waals surface area contributed by atoms with Gasteiger partial charge in [0.2, 0.25) is 15.0 Å². The first kappa shape index (κ1) is 26.1. The molecule has 36 heavy (non-hydrogen) atoms. The number of nitrogens with zero attached hydrogens (tertiary/aromatic N) is 4. The Morgan fingerprint density at radius 2 is 1.86 bits per heavy atom. The van der Waals surface area contributed by atoms with Crippen molar-refractivity contribution < 1.29 is 17.9 Å². The summed E-state index contributed by atoms with van der Waals surface area (Å²) in [5, 5.41) is 8.16. The molecule has 2 aromatic heterocycles. The van der Waals surface area contributed by atoms with Crippen LogP contribution in [-0.4, -0.2) is 64.5 Å². The lowest BCUT2D eigenvalue weighted by Crippen LogP contribution is -2.37. The Balaban J connectivity index is 1.73. The maximum absolute atomic E-state index is 12.6. The van der Waals surface area contributed by atoms with Crippen LogP contribution in [-0.2, 0) is 14.6 Å². The van der Waals surface area contributed by atoms with Crippen LogP contribution < -0.4 is 0 Å². The van der Waals surface area contributed by atoms with Gasteiger partial charge >= 0.3 is 6.09 Å². The standard InChI is InChI=1S/C25H30ClN5O4S/c1-25(2,3)35-24(32)31-14-5-6-16(12-15-31)21-20(19-11-13-27-23(28-19)36(4,33)34)22(30-29-21)17-7-9-18(26)10-8-17/h7-11,13,16H,5-6,12,14-15H2,1-4H3,(H,29,30). The molecule has 0 bridgehead atoms. The summed E-state index contributed by atoms with van der Waals surface area (Å²) in [5.74, 6) is 0.0534. The number of aromatic amines is 1. The van der Waals surface area contributed by atoms with Crippen LogP contribution in [0.4, 0.5) is 4.79 Å². The molecule has 4 rings (SSSR count). The number of sulfone groups is 1. The maximum atomic E-state index is 12.6. The molecule has 192 valence electrons. The zero-order valence-corrected chi connectivity index (χ0v) is 22.4. The highest BCUT2D eigenvalue weighted by Crippen LogP contribution is 2.39. The minimum atomic E-state index is -3.60. The van der Waals surface area contributed by atoms with Crippen LogP contribution in [0.3, 0.4) is 0 Å². The van der Waals surface area contributed by atoms with Crippen LogP contribution in [0.15, 0.2) is 41.7 Å². The zero-order valence-electron chi connectivity index (χ0n) is 20.8. The molecule has 0 radical (unpaired) electrons. The van der Waals surface area contributed by atoms with E-state index in [-0.39, 0.29) is 17.2 Å². The molecule has 1 amide bonds. The van der Waals surface area contributed by atoms with E-state index in [0.29, 0.717) is 35.9 Å². The topological polar surface area (TPSA) is 118 Å². The Labute approximate surface area is 216 Å². The van der Waals surface area contributed by atoms with Crippen molar-refractivity contribution in [3.8, 4) is 22.5 Å². The first-order valence-electron chi connectivity index (χ1n) is 11.8. The summed E-state index contributed by atoms with van der Waals surface area (Å²) in [6, 6.07) is 8.97. The number of benzene rings is 1. The van der Waals surface area contributed by atoms with Gasteiger partial charge < -0.3 is 9.64 Å². The third-order valence-electron chi connectivity index (χ3n) is 5.92. The Morgan fingerprint density at radius 3 is 2.53 bits per heavy atom. The number of likely N-dealkylation sites (tertiary alicyclic amines) is 1. The predicted octanol–water partition coefficient (Wildman–Crippen LogP) is 5.10. The fraction of sp³-hybridized carbons (Fsp3) is 0.440. The summed E-state index contributed by atoms with van der Waals surface area (Å²) in [4.78, 5) is 22.7. The molecule has 0 spiro atoms. The Kier molecular flexibility index (Phi) is 7.38. The average Bonchev–Trinajstić information content (AvgIpc) is 3.08. The summed E-state index contributed by atoms with van der Waals surface area (Å²) < 4.78 is 29.9. The number of hydrogen-bond donors (Lipinski definition) is 1. The summed E-state index contributed by atoms with van der Waals surface area (Å²) in [5.41, 5.74) is 2.95. The van der Waals surface area contributed by atoms with Gasteiger partial charge in [0.15, 0.2) is 0 Å². The maximum Gasteiger partial charge on any atom is 0.410 e. The number of rotatable bonds is 4. The third kappa shape index (κ3) is 6.04. The minimum Gasteiger partial charge on any atom is -0.444 e. The van der Waals surface area contributed by atoms with Gasteiger partial charge in [-0.3, -0.25) is 5.10 Å². The number of aromatic nitrogens is 4. The van der Waals surface area contributed by atoms with E-state index in [1.165, 1.54) is 6.20 Å². The monoisotopic (exact) mass is 531 g/mol. The molecule has 1 saturated heterocycles. The molecule has 1 N–H and O–H groups in total. The summed E-state index contributed by atoms with van der Waals surface area (Å²) in [7, 11) is -3.60. The van der Waals surface area contributed by atoms with Gasteiger partial charge in [-0.05, 0) is 58.2 Å². The van der Waals surface area contributed by atoms with E-state index < -0.39 is 15.4 Å². The Bertz CT molecular complexity index is 1350. The smallest absolute Gasteiger partial charge is 0.410 e. The van der Waals surface area contributed by atoms with Gasteiger partial charge in [0.25, 0.3) is 0 Å². The van der Waals surface area contributed by atoms with E-state index in [0.717, 1.165) is 35.9 Å². The van der Waals surface area contributed by atoms with Gasteiger partial charge in [-0.15, -0.1) is 0 Å². The molecular formula is C25H30ClN5O4S. The SMILES string of the molecule is CC(C)(C)OC(=O)N1CCCC(c2[nH]nc(-c3ccc(Cl)cc3)c2-c2ccnc(S(C)(=O)=O)n2)CC1. The lowest BCUT2D eigenvalue weighted by molar-refractivity contribution is 0.0256. The van der Waals surface area contributed by atoms with E-state index in [1.807, 2.05) is 32.9 Å². The van der Waals surface area contributed by atoms with Crippen molar-refractivity contribution in [2.24, 2.45) is 0 Å². The van der Waals surface area contributed by atoms with Gasteiger partial charge in [0, 0.05) is 53.3 Å². The fourth-order valence-corrected chi connectivity index (χ4v) is 4.92. The van der Waals surface area contributed by atoms with Crippen molar-refractivity contribution in [1.82, 2.24) is 25.1 Å². The Morgan fingerprint density at radius 1 is 1.14 bits per heavy atom. The van der Waals surface area contributed by atoms with Crippen LogP contribution in [0.5, 0.6) is 0 Å². The lowest BCUT2D eigenvalue weighted by atomic mass is 9.91. The minimum absolute atomic E-state index is 0.0534. The highest BCUT2D eigenvalue weighted by Gasteiger charge is 2.30. The second-order valence-corrected chi connectivity index (χ2v) is 12.3. The number of H-pyrrole nitrogens is 1. The number of hydrogen-bond acceptors (Lipinski definition) is 7. The molecule has 0 aliphatic carbocycles. The van der Waals surface area contributed by atoms with Crippen molar-refractivity contribution in [3.05, 3.63) is 47.2 Å². The van der Waals surface area contributed by atoms with E-state index in [1.54, 1.807) is 23.1 Å². The number of carbonyl (C=O) groups is 1. The number of nitrogens with one attached hydrogen (secondary N) is 1. The quantitative estimate of drug-likeness (QED) is 0.465. The first-order valence-corrected chi connectivity index (χ1v) is 14.0. The molecule has 1 fully saturated rings. The second-order valence-electron chi connectivity index (χ2n) is 9.96. The van der Waals surface area contributed by atoms with E-state index in [2.05, 4.69) is 20.2 Å². The number of amides is 1. The summed E-state index contributed by atoms with van der Waals surface area (Å²) in [6.07, 6.45) is 4.51. The van der Waals surface area contributed by atoms with Gasteiger partial charge in [0.05, 0.1) is 5.69 Å². The normalized spacial score (nSPS) is 17.0. The largest absolute Gasteiger partial charge is 0.444 e. The second kappa shape index (κ2) is 10.2. The van der Waals surface area contributed by atoms with Crippen molar-refractivity contribution in [1.29, 1.82) is 0 Å².